The van der Waals surface area contributed by atoms with Crippen molar-refractivity contribution < 1.29 is 9.26 Å². The van der Waals surface area contributed by atoms with Crippen molar-refractivity contribution in [3.8, 4) is 11.4 Å². The van der Waals surface area contributed by atoms with Crippen LogP contribution in [0.1, 0.15) is 5.89 Å². The summed E-state index contributed by atoms with van der Waals surface area (Å²) in [6.07, 6.45) is 0.547. The second kappa shape index (κ2) is 9.19. The Balaban J connectivity index is 0.00000208. The third-order valence-electron chi connectivity index (χ3n) is 3.51. The normalized spacial score (nSPS) is 15.2. The second-order valence-corrected chi connectivity index (χ2v) is 5.54. The number of hydrogen-bond donors (Lipinski definition) is 1. The van der Waals surface area contributed by atoms with Crippen molar-refractivity contribution in [2.45, 2.75) is 6.42 Å². The van der Waals surface area contributed by atoms with Crippen LogP contribution in [0.3, 0.4) is 0 Å². The molecule has 2 aromatic rings. The molecule has 9 heteroatoms. The van der Waals surface area contributed by atoms with E-state index in [1.165, 1.54) is 0 Å². The first-order valence-corrected chi connectivity index (χ1v) is 7.81. The van der Waals surface area contributed by atoms with E-state index in [-0.39, 0.29) is 24.0 Å². The molecule has 1 aromatic carbocycles. The summed E-state index contributed by atoms with van der Waals surface area (Å²) < 4.78 is 10.5. The number of nitrogens with two attached hydrogens (primary N) is 1. The molecule has 3 rings (SSSR count). The van der Waals surface area contributed by atoms with Gasteiger partial charge in [0.05, 0.1) is 19.8 Å². The van der Waals surface area contributed by atoms with Gasteiger partial charge >= 0.3 is 0 Å². The van der Waals surface area contributed by atoms with Crippen molar-refractivity contribution in [2.24, 2.45) is 10.7 Å². The Hall–Kier alpha value is -1.39. The molecular weight excluding hydrogens is 445 g/mol. The average molecular weight is 464 g/mol. The van der Waals surface area contributed by atoms with Crippen LogP contribution in [-0.2, 0) is 11.2 Å². The quantitative estimate of drug-likeness (QED) is 0.425. The fraction of sp³-hybridized carbons (Fsp3) is 0.400. The van der Waals surface area contributed by atoms with Crippen LogP contribution in [0, 0.1) is 0 Å². The lowest BCUT2D eigenvalue weighted by Crippen LogP contribution is -2.44. The lowest BCUT2D eigenvalue weighted by atomic mass is 10.2. The molecule has 1 saturated heterocycles. The molecule has 1 aliphatic rings. The zero-order valence-corrected chi connectivity index (χ0v) is 16.1. The molecule has 1 aliphatic heterocycles. The highest BCUT2D eigenvalue weighted by Gasteiger charge is 2.12. The maximum absolute atomic E-state index is 5.96. The van der Waals surface area contributed by atoms with E-state index in [2.05, 4.69) is 15.1 Å². The van der Waals surface area contributed by atoms with Gasteiger partial charge in [-0.2, -0.15) is 4.98 Å². The number of aliphatic imine (C=N–C) groups is 1. The first-order chi connectivity index (χ1) is 11.2. The molecule has 0 spiro atoms. The third kappa shape index (κ3) is 5.05. The van der Waals surface area contributed by atoms with Gasteiger partial charge < -0.3 is 19.9 Å². The molecule has 0 aliphatic carbocycles. The molecule has 2 N–H and O–H groups in total. The van der Waals surface area contributed by atoms with E-state index in [9.17, 15) is 0 Å². The minimum absolute atomic E-state index is 0. The highest BCUT2D eigenvalue weighted by molar-refractivity contribution is 14.0. The van der Waals surface area contributed by atoms with Gasteiger partial charge in [-0.1, -0.05) is 16.8 Å². The van der Waals surface area contributed by atoms with Gasteiger partial charge in [0.25, 0.3) is 0 Å². The van der Waals surface area contributed by atoms with Gasteiger partial charge in [0.1, 0.15) is 0 Å². The summed E-state index contributed by atoms with van der Waals surface area (Å²) in [6.45, 7) is 3.42. The predicted octanol–water partition coefficient (Wildman–Crippen LogP) is 2.20. The SMILES string of the molecule is I.NC(=NCCc1nc(-c2ccc(Cl)cc2)no1)N1CCOCC1. The Morgan fingerprint density at radius 3 is 2.67 bits per heavy atom. The molecule has 2 heterocycles. The molecule has 0 bridgehead atoms. The van der Waals surface area contributed by atoms with Crippen molar-refractivity contribution >= 4 is 41.5 Å². The summed E-state index contributed by atoms with van der Waals surface area (Å²) in [4.78, 5) is 10.7. The number of ether oxygens (including phenoxy) is 1. The first-order valence-electron chi connectivity index (χ1n) is 7.43. The zero-order valence-electron chi connectivity index (χ0n) is 13.0. The van der Waals surface area contributed by atoms with Crippen LogP contribution in [0.4, 0.5) is 0 Å². The maximum Gasteiger partial charge on any atom is 0.228 e. The van der Waals surface area contributed by atoms with Gasteiger partial charge in [-0.05, 0) is 24.3 Å². The number of aromatic nitrogens is 2. The Morgan fingerprint density at radius 2 is 1.96 bits per heavy atom. The van der Waals surface area contributed by atoms with E-state index in [0.717, 1.165) is 18.7 Å². The van der Waals surface area contributed by atoms with Crippen LogP contribution in [0.15, 0.2) is 33.8 Å². The largest absolute Gasteiger partial charge is 0.378 e. The van der Waals surface area contributed by atoms with Crippen molar-refractivity contribution in [3.05, 3.63) is 35.2 Å². The van der Waals surface area contributed by atoms with E-state index in [0.29, 0.717) is 48.9 Å². The zero-order chi connectivity index (χ0) is 16.1. The lowest BCUT2D eigenvalue weighted by molar-refractivity contribution is 0.0674. The predicted molar refractivity (Wildman–Crippen MR) is 103 cm³/mol. The molecule has 0 saturated carbocycles. The van der Waals surface area contributed by atoms with E-state index in [4.69, 9.17) is 26.6 Å². The molecule has 1 aromatic heterocycles. The Kier molecular flexibility index (Phi) is 7.25. The summed E-state index contributed by atoms with van der Waals surface area (Å²) in [6, 6.07) is 7.29. The molecule has 24 heavy (non-hydrogen) atoms. The smallest absolute Gasteiger partial charge is 0.228 e. The summed E-state index contributed by atoms with van der Waals surface area (Å²) in [5, 5.41) is 4.64. The minimum Gasteiger partial charge on any atom is -0.378 e. The highest BCUT2D eigenvalue weighted by atomic mass is 127. The average Bonchev–Trinajstić information content (AvgIpc) is 3.05. The number of nitrogens with zero attached hydrogens (tertiary/aromatic N) is 4. The number of halogens is 2. The van der Waals surface area contributed by atoms with E-state index >= 15 is 0 Å². The van der Waals surface area contributed by atoms with Crippen molar-refractivity contribution in [1.29, 1.82) is 0 Å². The van der Waals surface area contributed by atoms with Crippen molar-refractivity contribution in [2.75, 3.05) is 32.8 Å². The number of hydrogen-bond acceptors (Lipinski definition) is 5. The number of morpholine rings is 1. The molecule has 0 atom stereocenters. The van der Waals surface area contributed by atoms with E-state index < -0.39 is 0 Å². The van der Waals surface area contributed by atoms with Crippen molar-refractivity contribution in [1.82, 2.24) is 15.0 Å². The van der Waals surface area contributed by atoms with Gasteiger partial charge in [-0.15, -0.1) is 24.0 Å². The standard InChI is InChI=1S/C15H18ClN5O2.HI/c16-12-3-1-11(2-4-12)14-19-13(23-20-14)5-6-18-15(17)21-7-9-22-10-8-21;/h1-4H,5-10H2,(H2,17,18);1H. The molecular formula is C15H19ClIN5O2. The van der Waals surface area contributed by atoms with Crippen LogP contribution >= 0.6 is 35.6 Å². The third-order valence-corrected chi connectivity index (χ3v) is 3.76. The summed E-state index contributed by atoms with van der Waals surface area (Å²) in [5.41, 5.74) is 6.83. The van der Waals surface area contributed by atoms with E-state index in [1.807, 2.05) is 17.0 Å². The molecule has 0 radical (unpaired) electrons. The van der Waals surface area contributed by atoms with Crippen molar-refractivity contribution in [3.63, 3.8) is 0 Å². The topological polar surface area (TPSA) is 89.8 Å². The molecule has 7 nitrogen and oxygen atoms in total. The van der Waals surface area contributed by atoms with Crippen LogP contribution in [0.2, 0.25) is 5.02 Å². The number of guanidine groups is 1. The lowest BCUT2D eigenvalue weighted by Gasteiger charge is -2.27. The van der Waals surface area contributed by atoms with Gasteiger partial charge in [-0.3, -0.25) is 4.99 Å². The molecule has 1 fully saturated rings. The Labute approximate surface area is 162 Å². The van der Waals surface area contributed by atoms with Crippen LogP contribution in [-0.4, -0.2) is 53.8 Å². The molecule has 0 unspecified atom stereocenters. The monoisotopic (exact) mass is 463 g/mol. The number of rotatable bonds is 4. The van der Waals surface area contributed by atoms with Gasteiger partial charge in [0.15, 0.2) is 5.96 Å². The molecule has 0 amide bonds. The van der Waals surface area contributed by atoms with Gasteiger partial charge in [0.2, 0.25) is 11.7 Å². The minimum atomic E-state index is 0. The van der Waals surface area contributed by atoms with Crippen LogP contribution in [0.5, 0.6) is 0 Å². The summed E-state index contributed by atoms with van der Waals surface area (Å²) in [7, 11) is 0. The Morgan fingerprint density at radius 1 is 1.25 bits per heavy atom. The summed E-state index contributed by atoms with van der Waals surface area (Å²) in [5.74, 6) is 1.61. The van der Waals surface area contributed by atoms with E-state index in [1.54, 1.807) is 12.1 Å². The first kappa shape index (κ1) is 18.9. The summed E-state index contributed by atoms with van der Waals surface area (Å²) >= 11 is 5.86. The van der Waals surface area contributed by atoms with Gasteiger partial charge in [-0.25, -0.2) is 0 Å². The Bertz CT molecular complexity index is 671. The van der Waals surface area contributed by atoms with Crippen LogP contribution < -0.4 is 5.73 Å². The molecule has 130 valence electrons. The number of benzene rings is 1. The fourth-order valence-corrected chi connectivity index (χ4v) is 2.36. The maximum atomic E-state index is 5.96. The fourth-order valence-electron chi connectivity index (χ4n) is 2.23. The van der Waals surface area contributed by atoms with Crippen LogP contribution in [0.25, 0.3) is 11.4 Å². The highest BCUT2D eigenvalue weighted by Crippen LogP contribution is 2.18. The van der Waals surface area contributed by atoms with Gasteiger partial charge in [0, 0.05) is 30.1 Å². The second-order valence-electron chi connectivity index (χ2n) is 5.11.